The molecule has 134 valence electrons. The minimum absolute atomic E-state index is 0.119. The number of alkyl halides is 3. The Bertz CT molecular complexity index is 588. The van der Waals surface area contributed by atoms with Crippen LogP contribution in [0.25, 0.3) is 0 Å². The van der Waals surface area contributed by atoms with Gasteiger partial charge in [0.1, 0.15) is 6.04 Å². The SMILES string of the molecule is CC(C)CC(N)C(=O)NC(Cc1ccccc1C(F)(F)F)C(N)=O. The van der Waals surface area contributed by atoms with Crippen LogP contribution in [0.3, 0.4) is 0 Å². The first-order chi connectivity index (χ1) is 11.0. The molecule has 24 heavy (non-hydrogen) atoms. The molecule has 8 heteroatoms. The van der Waals surface area contributed by atoms with E-state index in [-0.39, 0.29) is 17.9 Å². The van der Waals surface area contributed by atoms with Gasteiger partial charge in [-0.3, -0.25) is 9.59 Å². The van der Waals surface area contributed by atoms with Crippen LogP contribution in [0.15, 0.2) is 24.3 Å². The lowest BCUT2D eigenvalue weighted by Gasteiger charge is -2.21. The Morgan fingerprint density at radius 2 is 1.79 bits per heavy atom. The van der Waals surface area contributed by atoms with Crippen LogP contribution >= 0.6 is 0 Å². The predicted octanol–water partition coefficient (Wildman–Crippen LogP) is 1.59. The van der Waals surface area contributed by atoms with Gasteiger partial charge in [0.25, 0.3) is 0 Å². The first kappa shape index (κ1) is 20.0. The van der Waals surface area contributed by atoms with Crippen molar-refractivity contribution < 1.29 is 22.8 Å². The molecule has 1 rings (SSSR count). The smallest absolute Gasteiger partial charge is 0.368 e. The van der Waals surface area contributed by atoms with E-state index < -0.39 is 35.6 Å². The number of amides is 2. The number of carbonyl (C=O) groups is 2. The second kappa shape index (κ2) is 8.14. The van der Waals surface area contributed by atoms with E-state index in [0.717, 1.165) is 6.07 Å². The zero-order chi connectivity index (χ0) is 18.5. The molecule has 5 nitrogen and oxygen atoms in total. The molecule has 5 N–H and O–H groups in total. The lowest BCUT2D eigenvalue weighted by Crippen LogP contribution is -2.51. The van der Waals surface area contributed by atoms with E-state index in [1.807, 2.05) is 13.8 Å². The summed E-state index contributed by atoms with van der Waals surface area (Å²) in [5, 5.41) is 2.34. The average Bonchev–Trinajstić information content (AvgIpc) is 2.45. The van der Waals surface area contributed by atoms with Crippen molar-refractivity contribution in [1.29, 1.82) is 0 Å². The maximum atomic E-state index is 13.0. The van der Waals surface area contributed by atoms with Crippen LogP contribution in [-0.4, -0.2) is 23.9 Å². The molecule has 0 saturated heterocycles. The molecule has 0 saturated carbocycles. The number of hydrogen-bond donors (Lipinski definition) is 3. The van der Waals surface area contributed by atoms with Crippen molar-refractivity contribution in [3.63, 3.8) is 0 Å². The van der Waals surface area contributed by atoms with E-state index in [2.05, 4.69) is 5.32 Å². The normalized spacial score (nSPS) is 14.3. The standard InChI is InChI=1S/C16H22F3N3O2/c1-9(2)7-12(20)15(24)22-13(14(21)23)8-10-5-3-4-6-11(10)16(17,18)19/h3-6,9,12-13H,7-8,20H2,1-2H3,(H2,21,23)(H,22,24). The van der Waals surface area contributed by atoms with Gasteiger partial charge in [-0.25, -0.2) is 0 Å². The minimum atomic E-state index is -4.56. The van der Waals surface area contributed by atoms with Crippen LogP contribution in [0.2, 0.25) is 0 Å². The maximum absolute atomic E-state index is 13.0. The molecule has 0 aliphatic heterocycles. The van der Waals surface area contributed by atoms with E-state index in [4.69, 9.17) is 11.5 Å². The third kappa shape index (κ3) is 5.84. The zero-order valence-corrected chi connectivity index (χ0v) is 13.6. The summed E-state index contributed by atoms with van der Waals surface area (Å²) in [4.78, 5) is 23.5. The highest BCUT2D eigenvalue weighted by Crippen LogP contribution is 2.32. The molecule has 0 aliphatic rings. The summed E-state index contributed by atoms with van der Waals surface area (Å²) in [6.45, 7) is 3.75. The monoisotopic (exact) mass is 345 g/mol. The van der Waals surface area contributed by atoms with Gasteiger partial charge in [0.05, 0.1) is 11.6 Å². The fourth-order valence-electron chi connectivity index (χ4n) is 2.31. The second-order valence-corrected chi connectivity index (χ2v) is 6.06. The number of halogens is 3. The van der Waals surface area contributed by atoms with Crippen molar-refractivity contribution in [2.45, 2.75) is 44.9 Å². The lowest BCUT2D eigenvalue weighted by atomic mass is 9.98. The molecular weight excluding hydrogens is 323 g/mol. The first-order valence-corrected chi connectivity index (χ1v) is 7.52. The molecule has 0 aromatic heterocycles. The molecular formula is C16H22F3N3O2. The van der Waals surface area contributed by atoms with E-state index in [0.29, 0.717) is 6.42 Å². The molecule has 0 fully saturated rings. The van der Waals surface area contributed by atoms with Crippen LogP contribution in [0, 0.1) is 5.92 Å². The van der Waals surface area contributed by atoms with Gasteiger partial charge < -0.3 is 16.8 Å². The quantitative estimate of drug-likeness (QED) is 0.700. The first-order valence-electron chi connectivity index (χ1n) is 7.52. The van der Waals surface area contributed by atoms with Crippen molar-refractivity contribution in [2.24, 2.45) is 17.4 Å². The second-order valence-electron chi connectivity index (χ2n) is 6.06. The molecule has 1 aromatic rings. The zero-order valence-electron chi connectivity index (χ0n) is 13.6. The number of primary amides is 1. The van der Waals surface area contributed by atoms with Crippen molar-refractivity contribution in [3.8, 4) is 0 Å². The summed E-state index contributed by atoms with van der Waals surface area (Å²) in [5.41, 5.74) is 9.95. The molecule has 2 amide bonds. The van der Waals surface area contributed by atoms with Crippen LogP contribution in [0.1, 0.15) is 31.4 Å². The third-order valence-electron chi connectivity index (χ3n) is 3.47. The highest BCUT2D eigenvalue weighted by Gasteiger charge is 2.34. The maximum Gasteiger partial charge on any atom is 0.416 e. The van der Waals surface area contributed by atoms with E-state index in [1.165, 1.54) is 18.2 Å². The molecule has 0 radical (unpaired) electrons. The fraction of sp³-hybridized carbons (Fsp3) is 0.500. The number of nitrogens with one attached hydrogen (secondary N) is 1. The Labute approximate surface area is 138 Å². The molecule has 2 atom stereocenters. The molecule has 2 unspecified atom stereocenters. The largest absolute Gasteiger partial charge is 0.416 e. The molecule has 0 heterocycles. The minimum Gasteiger partial charge on any atom is -0.368 e. The number of benzene rings is 1. The van der Waals surface area contributed by atoms with Gasteiger partial charge in [-0.05, 0) is 24.0 Å². The summed E-state index contributed by atoms with van der Waals surface area (Å²) in [5.74, 6) is -1.38. The molecule has 0 aliphatic carbocycles. The van der Waals surface area contributed by atoms with Crippen LogP contribution in [-0.2, 0) is 22.2 Å². The van der Waals surface area contributed by atoms with Crippen LogP contribution in [0.4, 0.5) is 13.2 Å². The van der Waals surface area contributed by atoms with E-state index in [9.17, 15) is 22.8 Å². The highest BCUT2D eigenvalue weighted by atomic mass is 19.4. The lowest BCUT2D eigenvalue weighted by molar-refractivity contribution is -0.138. The average molecular weight is 345 g/mol. The Kier molecular flexibility index (Phi) is 6.77. The van der Waals surface area contributed by atoms with Crippen LogP contribution in [0.5, 0.6) is 0 Å². The van der Waals surface area contributed by atoms with Crippen molar-refractivity contribution >= 4 is 11.8 Å². The number of nitrogens with two attached hydrogens (primary N) is 2. The van der Waals surface area contributed by atoms with Crippen molar-refractivity contribution in [1.82, 2.24) is 5.32 Å². The fourth-order valence-corrected chi connectivity index (χ4v) is 2.31. The van der Waals surface area contributed by atoms with Gasteiger partial charge in [0.15, 0.2) is 0 Å². The molecule has 0 bridgehead atoms. The summed E-state index contributed by atoms with van der Waals surface area (Å²) < 4.78 is 39.0. The van der Waals surface area contributed by atoms with E-state index >= 15 is 0 Å². The summed E-state index contributed by atoms with van der Waals surface area (Å²) >= 11 is 0. The highest BCUT2D eigenvalue weighted by molar-refractivity contribution is 5.89. The number of rotatable bonds is 7. The van der Waals surface area contributed by atoms with Gasteiger partial charge >= 0.3 is 6.18 Å². The summed E-state index contributed by atoms with van der Waals surface area (Å²) in [6.07, 6.45) is -4.53. The van der Waals surface area contributed by atoms with Gasteiger partial charge in [-0.15, -0.1) is 0 Å². The van der Waals surface area contributed by atoms with Gasteiger partial charge in [-0.1, -0.05) is 32.0 Å². The Morgan fingerprint density at radius 1 is 1.21 bits per heavy atom. The Morgan fingerprint density at radius 3 is 2.29 bits per heavy atom. The van der Waals surface area contributed by atoms with Gasteiger partial charge in [-0.2, -0.15) is 13.2 Å². The third-order valence-corrected chi connectivity index (χ3v) is 3.47. The molecule has 0 spiro atoms. The summed E-state index contributed by atoms with van der Waals surface area (Å²) in [7, 11) is 0. The molecule has 1 aromatic carbocycles. The Hall–Kier alpha value is -2.09. The van der Waals surface area contributed by atoms with Crippen molar-refractivity contribution in [2.75, 3.05) is 0 Å². The Balaban J connectivity index is 2.93. The van der Waals surface area contributed by atoms with Crippen LogP contribution < -0.4 is 16.8 Å². The summed E-state index contributed by atoms with van der Waals surface area (Å²) in [6, 6.07) is 2.72. The van der Waals surface area contributed by atoms with E-state index in [1.54, 1.807) is 0 Å². The predicted molar refractivity (Wildman–Crippen MR) is 83.7 cm³/mol. The topological polar surface area (TPSA) is 98.2 Å². The van der Waals surface area contributed by atoms with Crippen molar-refractivity contribution in [3.05, 3.63) is 35.4 Å². The van der Waals surface area contributed by atoms with Gasteiger partial charge in [0, 0.05) is 6.42 Å². The number of hydrogen-bond acceptors (Lipinski definition) is 3. The number of carbonyl (C=O) groups excluding carboxylic acids is 2. The van der Waals surface area contributed by atoms with Gasteiger partial charge in [0.2, 0.25) is 11.8 Å².